The van der Waals surface area contributed by atoms with Gasteiger partial charge in [-0.15, -0.1) is 0 Å². The molecule has 1 aromatic carbocycles. The van der Waals surface area contributed by atoms with Crippen LogP contribution in [0.15, 0.2) is 24.3 Å². The highest BCUT2D eigenvalue weighted by Crippen LogP contribution is 2.86. The largest absolute Gasteiger partial charge is 0.469 e. The summed E-state index contributed by atoms with van der Waals surface area (Å²) in [6, 6.07) is 6.91. The molecule has 1 N–H and O–H groups in total. The first-order valence-electron chi connectivity index (χ1n) is 9.26. The van der Waals surface area contributed by atoms with Crippen LogP contribution in [0, 0.1) is 59.1 Å². The summed E-state index contributed by atoms with van der Waals surface area (Å²) in [5.41, 5.74) is 1.08. The molecule has 6 unspecified atom stereocenters. The van der Waals surface area contributed by atoms with Crippen molar-refractivity contribution in [2.45, 2.75) is 19.0 Å². The van der Waals surface area contributed by atoms with Gasteiger partial charge in [0.1, 0.15) is 5.82 Å². The lowest BCUT2D eigenvalue weighted by atomic mass is 9.61. The Bertz CT molecular complexity index is 697. The van der Waals surface area contributed by atoms with Crippen molar-refractivity contribution in [2.24, 2.45) is 53.3 Å². The van der Waals surface area contributed by atoms with E-state index in [9.17, 15) is 9.18 Å². The summed E-state index contributed by atoms with van der Waals surface area (Å²) in [4.78, 5) is 12.6. The van der Waals surface area contributed by atoms with Crippen LogP contribution in [0.5, 0.6) is 0 Å². The van der Waals surface area contributed by atoms with Gasteiger partial charge in [0.15, 0.2) is 0 Å². The normalized spacial score (nSPS) is 51.2. The number of hydrogen-bond acceptors (Lipinski definition) is 3. The topological polar surface area (TPSA) is 38.3 Å². The van der Waals surface area contributed by atoms with Crippen molar-refractivity contribution >= 4 is 5.97 Å². The molecule has 0 spiro atoms. The van der Waals surface area contributed by atoms with Gasteiger partial charge in [-0.2, -0.15) is 0 Å². The molecule has 8 atom stereocenters. The van der Waals surface area contributed by atoms with Crippen molar-refractivity contribution in [3.63, 3.8) is 0 Å². The van der Waals surface area contributed by atoms with E-state index in [0.717, 1.165) is 41.1 Å². The number of carbonyl (C=O) groups excluding carboxylic acids is 1. The number of hydrogen-bond donors (Lipinski definition) is 1. The molecule has 1 aromatic rings. The van der Waals surface area contributed by atoms with Gasteiger partial charge in [-0.1, -0.05) is 12.1 Å². The van der Waals surface area contributed by atoms with E-state index in [1.807, 2.05) is 12.1 Å². The molecule has 7 saturated carbocycles. The summed E-state index contributed by atoms with van der Waals surface area (Å²) < 4.78 is 18.3. The third kappa shape index (κ3) is 1.54. The van der Waals surface area contributed by atoms with Gasteiger partial charge in [0.25, 0.3) is 0 Å². The van der Waals surface area contributed by atoms with Gasteiger partial charge in [0, 0.05) is 12.6 Å². The van der Waals surface area contributed by atoms with E-state index in [4.69, 9.17) is 4.74 Å². The molecule has 126 valence electrons. The highest BCUT2D eigenvalue weighted by atomic mass is 19.1. The molecule has 3 nitrogen and oxygen atoms in total. The molecular weight excluding hydrogens is 305 g/mol. The lowest BCUT2D eigenvalue weighted by molar-refractivity contribution is -0.154. The molecule has 24 heavy (non-hydrogen) atoms. The van der Waals surface area contributed by atoms with Crippen LogP contribution >= 0.6 is 0 Å². The summed E-state index contributed by atoms with van der Waals surface area (Å²) in [5, 5.41) is 3.69. The molecule has 7 fully saturated rings. The van der Waals surface area contributed by atoms with Crippen LogP contribution < -0.4 is 5.32 Å². The van der Waals surface area contributed by atoms with Crippen LogP contribution in [-0.2, 0) is 16.1 Å². The highest BCUT2D eigenvalue weighted by Gasteiger charge is 2.84. The van der Waals surface area contributed by atoms with E-state index in [0.29, 0.717) is 18.4 Å². The Morgan fingerprint density at radius 1 is 1.08 bits per heavy atom. The van der Waals surface area contributed by atoms with Gasteiger partial charge >= 0.3 is 5.97 Å². The Hall–Kier alpha value is -1.42. The fraction of sp³-hybridized carbons (Fsp3) is 0.650. The molecular formula is C20H22FNO2. The van der Waals surface area contributed by atoms with Crippen LogP contribution in [0.25, 0.3) is 0 Å². The fourth-order valence-electron chi connectivity index (χ4n) is 7.46. The third-order valence-electron chi connectivity index (χ3n) is 8.05. The van der Waals surface area contributed by atoms with Gasteiger partial charge in [-0.05, 0) is 71.5 Å². The monoisotopic (exact) mass is 327 g/mol. The second-order valence-electron chi connectivity index (χ2n) is 8.61. The molecule has 0 aromatic heterocycles. The maximum atomic E-state index is 13.1. The quantitative estimate of drug-likeness (QED) is 0.864. The Morgan fingerprint density at radius 3 is 2.33 bits per heavy atom. The standard InChI is InChI=1S/C20H22FNO2/c1-24-20(23)18-16-12-10-6-11-13(16)15(11)17(14(10)12)19(18)22-7-8-2-4-9(21)5-3-8/h2-5,10-19,22H,6-7H2,1H3/t10?,11?,12?,13?,14?,15?,16?,17?,18-,19-/m0/s1. The number of halogens is 1. The molecule has 7 aliphatic carbocycles. The molecule has 0 radical (unpaired) electrons. The van der Waals surface area contributed by atoms with E-state index in [1.165, 1.54) is 25.7 Å². The Balaban J connectivity index is 1.29. The van der Waals surface area contributed by atoms with Crippen molar-refractivity contribution in [1.82, 2.24) is 5.32 Å². The first kappa shape index (κ1) is 13.8. The van der Waals surface area contributed by atoms with Crippen molar-refractivity contribution < 1.29 is 13.9 Å². The number of ether oxygens (including phenoxy) is 1. The molecule has 0 saturated heterocycles. The highest BCUT2D eigenvalue weighted by molar-refractivity contribution is 5.75. The minimum Gasteiger partial charge on any atom is -0.469 e. The van der Waals surface area contributed by atoms with Gasteiger partial charge in [-0.25, -0.2) is 4.39 Å². The minimum atomic E-state index is -0.204. The molecule has 8 rings (SSSR count). The van der Waals surface area contributed by atoms with Gasteiger partial charge in [0.05, 0.1) is 13.0 Å². The van der Waals surface area contributed by atoms with E-state index < -0.39 is 0 Å². The van der Waals surface area contributed by atoms with Gasteiger partial charge < -0.3 is 10.1 Å². The number of fused-ring (bicyclic) bond motifs is 1. The van der Waals surface area contributed by atoms with Crippen molar-refractivity contribution in [3.05, 3.63) is 35.6 Å². The maximum Gasteiger partial charge on any atom is 0.310 e. The number of esters is 1. The van der Waals surface area contributed by atoms with Crippen LogP contribution in [0.4, 0.5) is 4.39 Å². The smallest absolute Gasteiger partial charge is 0.310 e. The Kier molecular flexibility index (Phi) is 2.53. The molecule has 7 aliphatic rings. The Labute approximate surface area is 141 Å². The lowest BCUT2D eigenvalue weighted by Crippen LogP contribution is -2.57. The van der Waals surface area contributed by atoms with E-state index >= 15 is 0 Å². The summed E-state index contributed by atoms with van der Waals surface area (Å²) >= 11 is 0. The third-order valence-corrected chi connectivity index (χ3v) is 8.05. The van der Waals surface area contributed by atoms with Crippen LogP contribution in [-0.4, -0.2) is 19.1 Å². The van der Waals surface area contributed by atoms with Crippen molar-refractivity contribution in [2.75, 3.05) is 7.11 Å². The molecule has 0 amide bonds. The molecule has 0 heterocycles. The summed E-state index contributed by atoms with van der Waals surface area (Å²) in [6.45, 7) is 0.700. The maximum absolute atomic E-state index is 13.1. The van der Waals surface area contributed by atoms with Crippen LogP contribution in [0.3, 0.4) is 0 Å². The van der Waals surface area contributed by atoms with Gasteiger partial charge in [0.2, 0.25) is 0 Å². The first-order chi connectivity index (χ1) is 11.7. The molecule has 8 bridgehead atoms. The number of methoxy groups -OCH3 is 1. The number of carbonyl (C=O) groups is 1. The zero-order valence-corrected chi connectivity index (χ0v) is 13.7. The van der Waals surface area contributed by atoms with Crippen LogP contribution in [0.2, 0.25) is 0 Å². The molecule has 4 heteroatoms. The SMILES string of the molecule is COC(=O)[C@H]1C2C3C4CC5C(C52)C(C43)[C@@H]1NCc1ccc(F)cc1. The number of nitrogens with one attached hydrogen (secondary N) is 1. The average Bonchev–Trinajstić information content (AvgIpc) is 3.51. The van der Waals surface area contributed by atoms with Crippen LogP contribution in [0.1, 0.15) is 12.0 Å². The fourth-order valence-corrected chi connectivity index (χ4v) is 7.46. The summed E-state index contributed by atoms with van der Waals surface area (Å²) in [7, 11) is 1.52. The number of benzene rings is 1. The Morgan fingerprint density at radius 2 is 1.71 bits per heavy atom. The lowest BCUT2D eigenvalue weighted by Gasteiger charge is -2.46. The van der Waals surface area contributed by atoms with Crippen molar-refractivity contribution in [3.8, 4) is 0 Å². The zero-order valence-electron chi connectivity index (χ0n) is 13.7. The molecule has 0 aliphatic heterocycles. The van der Waals surface area contributed by atoms with E-state index in [1.54, 1.807) is 0 Å². The predicted octanol–water partition coefficient (Wildman–Crippen LogP) is 2.46. The first-order valence-corrected chi connectivity index (χ1v) is 9.26. The van der Waals surface area contributed by atoms with Gasteiger partial charge in [-0.3, -0.25) is 4.79 Å². The van der Waals surface area contributed by atoms with Crippen molar-refractivity contribution in [1.29, 1.82) is 0 Å². The second-order valence-corrected chi connectivity index (χ2v) is 8.61. The minimum absolute atomic E-state index is 0.0169. The predicted molar refractivity (Wildman–Crippen MR) is 85.1 cm³/mol. The second kappa shape index (κ2) is 4.40. The zero-order chi connectivity index (χ0) is 16.2. The average molecular weight is 327 g/mol. The summed E-state index contributed by atoms with van der Waals surface area (Å²) in [6.07, 6.45) is 1.43. The van der Waals surface area contributed by atoms with E-state index in [2.05, 4.69) is 5.32 Å². The number of rotatable bonds is 4. The van der Waals surface area contributed by atoms with E-state index in [-0.39, 0.29) is 23.7 Å². The summed E-state index contributed by atoms with van der Waals surface area (Å²) in [5.74, 6) is 6.16.